The van der Waals surface area contributed by atoms with Gasteiger partial charge in [0.05, 0.1) is 0 Å². The summed E-state index contributed by atoms with van der Waals surface area (Å²) in [5.74, 6) is 0.516. The zero-order valence-electron chi connectivity index (χ0n) is 15.4. The fraction of sp³-hybridized carbons (Fsp3) is 0.500. The van der Waals surface area contributed by atoms with Crippen LogP contribution in [0.25, 0.3) is 0 Å². The van der Waals surface area contributed by atoms with Crippen LogP contribution in [0.4, 0.5) is 15.9 Å². The third-order valence-corrected chi connectivity index (χ3v) is 4.03. The van der Waals surface area contributed by atoms with Crippen molar-refractivity contribution in [2.24, 2.45) is 0 Å². The normalized spacial score (nSPS) is 14.2. The number of benzene rings is 1. The predicted octanol–water partition coefficient (Wildman–Crippen LogP) is -0.0498. The van der Waals surface area contributed by atoms with Crippen LogP contribution < -0.4 is 67.5 Å². The molecule has 1 aromatic heterocycles. The Morgan fingerprint density at radius 1 is 1.16 bits per heavy atom. The van der Waals surface area contributed by atoms with Gasteiger partial charge in [-0.25, -0.2) is 4.39 Å². The molecule has 0 bridgehead atoms. The van der Waals surface area contributed by atoms with Gasteiger partial charge in [-0.1, -0.05) is 0 Å². The maximum atomic E-state index is 12.7. The molecule has 3 N–H and O–H groups in total. The fourth-order valence-corrected chi connectivity index (χ4v) is 2.89. The van der Waals surface area contributed by atoms with Crippen LogP contribution >= 0.6 is 0 Å². The van der Waals surface area contributed by atoms with Crippen LogP contribution in [0.1, 0.15) is 36.1 Å². The number of fused-ring (bicyclic) bond motifs is 2. The number of nitrogens with two attached hydrogens (primary N) is 1. The van der Waals surface area contributed by atoms with Crippen LogP contribution in [0.2, 0.25) is 0 Å². The van der Waals surface area contributed by atoms with Gasteiger partial charge in [-0.05, 0) is 73.7 Å². The van der Waals surface area contributed by atoms with Gasteiger partial charge in [0.1, 0.15) is 5.82 Å². The van der Waals surface area contributed by atoms with E-state index in [-0.39, 0.29) is 57.2 Å². The summed E-state index contributed by atoms with van der Waals surface area (Å²) in [6.45, 7) is 1.01. The minimum absolute atomic E-state index is 0. The summed E-state index contributed by atoms with van der Waals surface area (Å²) in [6.07, 6.45) is 6.74. The van der Waals surface area contributed by atoms with E-state index >= 15 is 0 Å². The first-order valence-corrected chi connectivity index (χ1v) is 8.34. The van der Waals surface area contributed by atoms with E-state index in [1.165, 1.54) is 24.5 Å². The van der Waals surface area contributed by atoms with Gasteiger partial charge < -0.3 is 20.9 Å². The molecule has 0 spiro atoms. The number of halogens is 1. The van der Waals surface area contributed by atoms with E-state index in [9.17, 15) is 4.39 Å². The van der Waals surface area contributed by atoms with Crippen molar-refractivity contribution in [3.05, 3.63) is 40.8 Å². The minimum atomic E-state index is -0.132. The molecule has 0 saturated carbocycles. The van der Waals surface area contributed by atoms with E-state index in [0.29, 0.717) is 5.82 Å². The molecule has 0 fully saturated rings. The number of ether oxygens (including phenoxy) is 1. The first-order chi connectivity index (χ1) is 11.7. The second-order valence-electron chi connectivity index (χ2n) is 5.96. The van der Waals surface area contributed by atoms with E-state index in [2.05, 4.69) is 20.3 Å². The van der Waals surface area contributed by atoms with Crippen LogP contribution in [0.3, 0.4) is 0 Å². The zero-order valence-corrected chi connectivity index (χ0v) is 18.6. The number of hydrogen-bond donors (Lipinski definition) is 2. The van der Waals surface area contributed by atoms with Crippen molar-refractivity contribution in [3.8, 4) is 0 Å². The summed E-state index contributed by atoms with van der Waals surface area (Å²) in [7, 11) is 3.25. The summed E-state index contributed by atoms with van der Waals surface area (Å²) in [5.41, 5.74) is 10.1. The van der Waals surface area contributed by atoms with E-state index in [1.54, 1.807) is 20.3 Å². The van der Waals surface area contributed by atoms with Crippen LogP contribution in [0.15, 0.2) is 18.2 Å². The van der Waals surface area contributed by atoms with E-state index in [0.717, 1.165) is 49.2 Å². The largest absolute Gasteiger partial charge is 1.00 e. The molecule has 5 nitrogen and oxygen atoms in total. The van der Waals surface area contributed by atoms with Crippen molar-refractivity contribution < 1.29 is 60.5 Å². The number of hydrogen-bond acceptors (Lipinski definition) is 4. The first-order valence-electron chi connectivity index (χ1n) is 8.34. The molecule has 132 valence electrons. The third kappa shape index (κ3) is 7.00. The molecule has 0 amide bonds. The average Bonchev–Trinajstić information content (AvgIpc) is 2.98. The van der Waals surface area contributed by atoms with Crippen molar-refractivity contribution >= 4 is 11.5 Å². The SMILES string of the molecule is COC.Fc1ccc2c(c1)CCCN2.Nc1[n-]nc2c1CCCC2.[K+]. The van der Waals surface area contributed by atoms with Crippen molar-refractivity contribution in [1.29, 1.82) is 0 Å². The smallest absolute Gasteiger partial charge is 0.493 e. The number of anilines is 2. The molecule has 2 heterocycles. The second-order valence-corrected chi connectivity index (χ2v) is 5.96. The van der Waals surface area contributed by atoms with Crippen LogP contribution in [0.5, 0.6) is 0 Å². The van der Waals surface area contributed by atoms with Gasteiger partial charge in [-0.3, -0.25) is 5.10 Å². The first kappa shape index (κ1) is 22.6. The summed E-state index contributed by atoms with van der Waals surface area (Å²) in [4.78, 5) is 0. The molecule has 4 rings (SSSR count). The molecule has 1 aliphatic carbocycles. The number of nitrogens with zero attached hydrogens (tertiary/aromatic N) is 2. The number of rotatable bonds is 0. The molecule has 0 saturated heterocycles. The summed E-state index contributed by atoms with van der Waals surface area (Å²) < 4.78 is 16.9. The molecule has 0 radical (unpaired) electrons. The summed E-state index contributed by atoms with van der Waals surface area (Å²) in [6, 6.07) is 4.92. The number of methoxy groups -OCH3 is 1. The van der Waals surface area contributed by atoms with Gasteiger partial charge in [0, 0.05) is 32.1 Å². The van der Waals surface area contributed by atoms with Crippen molar-refractivity contribution in [3.63, 3.8) is 0 Å². The summed E-state index contributed by atoms with van der Waals surface area (Å²) in [5, 5.41) is 11.0. The van der Waals surface area contributed by atoms with E-state index < -0.39 is 0 Å². The third-order valence-electron chi connectivity index (χ3n) is 4.03. The summed E-state index contributed by atoms with van der Waals surface area (Å²) >= 11 is 0. The molecule has 7 heteroatoms. The molecule has 1 aliphatic heterocycles. The Labute approximate surface area is 191 Å². The molecule has 0 unspecified atom stereocenters. The molecule has 0 atom stereocenters. The van der Waals surface area contributed by atoms with Crippen LogP contribution in [-0.4, -0.2) is 25.9 Å². The topological polar surface area (TPSA) is 74.3 Å². The average molecular weight is 373 g/mol. The molecule has 2 aromatic rings. The maximum Gasteiger partial charge on any atom is 1.00 e. The van der Waals surface area contributed by atoms with E-state index in [1.807, 2.05) is 6.07 Å². The zero-order chi connectivity index (χ0) is 17.4. The Morgan fingerprint density at radius 2 is 1.88 bits per heavy atom. The van der Waals surface area contributed by atoms with Crippen molar-refractivity contribution in [2.45, 2.75) is 38.5 Å². The molecule has 2 aliphatic rings. The van der Waals surface area contributed by atoms with Crippen molar-refractivity contribution in [1.82, 2.24) is 10.2 Å². The quantitative estimate of drug-likeness (QED) is 0.635. The van der Waals surface area contributed by atoms with Crippen LogP contribution in [0, 0.1) is 5.82 Å². The minimum Gasteiger partial charge on any atom is -0.493 e. The standard InChI is InChI=1S/C9H10FN.C7H10N3.C2H6O.K/c10-8-3-4-9-7(6-8)2-1-5-11-9;8-7-5-3-1-2-4-6(5)9-10-7;1-3-2;/h3-4,6,11H,1-2,5H2;1-4H2,(H2-,8,9,10);1-2H3;/q;-1;;+1. The Bertz CT molecular complexity index is 648. The second kappa shape index (κ2) is 12.0. The fourth-order valence-electron chi connectivity index (χ4n) is 2.89. The monoisotopic (exact) mass is 372 g/mol. The molecular weight excluding hydrogens is 346 g/mol. The van der Waals surface area contributed by atoms with Gasteiger partial charge in [0.25, 0.3) is 0 Å². The van der Waals surface area contributed by atoms with Gasteiger partial charge in [0.2, 0.25) is 0 Å². The molecule has 25 heavy (non-hydrogen) atoms. The van der Waals surface area contributed by atoms with Gasteiger partial charge in [-0.2, -0.15) is 0 Å². The molecule has 1 aromatic carbocycles. The number of nitrogens with one attached hydrogen (secondary N) is 1. The number of aromatic nitrogens is 2. The number of aryl methyl sites for hydroxylation is 2. The Kier molecular flexibility index (Phi) is 10.9. The van der Waals surface area contributed by atoms with E-state index in [4.69, 9.17) is 5.73 Å². The Balaban J connectivity index is 0.000000210. The van der Waals surface area contributed by atoms with Gasteiger partial charge >= 0.3 is 51.4 Å². The maximum absolute atomic E-state index is 12.7. The Hall–Kier alpha value is -0.444. The van der Waals surface area contributed by atoms with Crippen molar-refractivity contribution in [2.75, 3.05) is 31.8 Å². The molecular formula is C18H26FKN4O. The van der Waals surface area contributed by atoms with Gasteiger partial charge in [-0.15, -0.1) is 0 Å². The Morgan fingerprint density at radius 3 is 2.60 bits per heavy atom. The predicted molar refractivity (Wildman–Crippen MR) is 94.8 cm³/mol. The number of nitrogen functional groups attached to an aromatic ring is 1. The van der Waals surface area contributed by atoms with Crippen LogP contribution in [-0.2, 0) is 24.0 Å². The van der Waals surface area contributed by atoms with Gasteiger partial charge in [0.15, 0.2) is 0 Å².